The quantitative estimate of drug-likeness (QED) is 0.442. The van der Waals surface area contributed by atoms with E-state index in [1.54, 1.807) is 6.20 Å². The molecule has 0 saturated heterocycles. The summed E-state index contributed by atoms with van der Waals surface area (Å²) >= 11 is 9.46. The van der Waals surface area contributed by atoms with Gasteiger partial charge in [-0.1, -0.05) is 51.8 Å². The van der Waals surface area contributed by atoms with Crippen LogP contribution in [0.4, 0.5) is 0 Å². The SMILES string of the molecule is CC(CCc1ccc(Br)cc1)(Cn1ccnc1)OCc1ccc(Cl)cc1. The molecule has 0 spiro atoms. The molecule has 3 nitrogen and oxygen atoms in total. The Balaban J connectivity index is 1.68. The largest absolute Gasteiger partial charge is 0.369 e. The summed E-state index contributed by atoms with van der Waals surface area (Å²) in [6.45, 7) is 3.49. The van der Waals surface area contributed by atoms with E-state index in [1.165, 1.54) is 5.56 Å². The molecule has 2 aromatic carbocycles. The smallest absolute Gasteiger partial charge is 0.0946 e. The van der Waals surface area contributed by atoms with Gasteiger partial charge in [-0.05, 0) is 55.2 Å². The Hall–Kier alpha value is -1.62. The van der Waals surface area contributed by atoms with Crippen molar-refractivity contribution in [1.29, 1.82) is 0 Å². The number of aromatic nitrogens is 2. The molecule has 0 aliphatic heterocycles. The highest BCUT2D eigenvalue weighted by atomic mass is 79.9. The summed E-state index contributed by atoms with van der Waals surface area (Å²) in [5, 5.41) is 0.741. The van der Waals surface area contributed by atoms with Gasteiger partial charge in [-0.15, -0.1) is 0 Å². The van der Waals surface area contributed by atoms with Gasteiger partial charge in [0.1, 0.15) is 0 Å². The first-order chi connectivity index (χ1) is 12.5. The molecular weight excluding hydrogens is 412 g/mol. The minimum Gasteiger partial charge on any atom is -0.369 e. The maximum atomic E-state index is 6.37. The number of aryl methyl sites for hydroxylation is 1. The van der Waals surface area contributed by atoms with Crippen LogP contribution in [0, 0.1) is 0 Å². The van der Waals surface area contributed by atoms with Gasteiger partial charge in [0.05, 0.1) is 25.1 Å². The maximum Gasteiger partial charge on any atom is 0.0946 e. The van der Waals surface area contributed by atoms with Crippen LogP contribution in [-0.4, -0.2) is 15.2 Å². The molecule has 3 rings (SSSR count). The zero-order valence-corrected chi connectivity index (χ0v) is 17.1. The molecule has 136 valence electrons. The van der Waals surface area contributed by atoms with Gasteiger partial charge in [0, 0.05) is 21.9 Å². The molecule has 0 aliphatic rings. The molecular formula is C21H22BrClN2O. The molecule has 3 aromatic rings. The molecule has 0 amide bonds. The summed E-state index contributed by atoms with van der Waals surface area (Å²) in [4.78, 5) is 4.15. The summed E-state index contributed by atoms with van der Waals surface area (Å²) in [7, 11) is 0. The van der Waals surface area contributed by atoms with Crippen LogP contribution in [0.2, 0.25) is 5.02 Å². The number of imidazole rings is 1. The van der Waals surface area contributed by atoms with Crippen molar-refractivity contribution in [3.05, 3.63) is 87.9 Å². The molecule has 0 radical (unpaired) electrons. The van der Waals surface area contributed by atoms with Crippen LogP contribution in [0.15, 0.2) is 71.7 Å². The highest BCUT2D eigenvalue weighted by molar-refractivity contribution is 9.10. The summed E-state index contributed by atoms with van der Waals surface area (Å²) in [6, 6.07) is 16.3. The van der Waals surface area contributed by atoms with Crippen LogP contribution < -0.4 is 0 Å². The molecule has 1 aromatic heterocycles. The van der Waals surface area contributed by atoms with E-state index in [2.05, 4.69) is 56.7 Å². The first kappa shape index (κ1) is 19.2. The van der Waals surface area contributed by atoms with Crippen molar-refractivity contribution in [1.82, 2.24) is 9.55 Å². The van der Waals surface area contributed by atoms with Crippen LogP contribution in [-0.2, 0) is 24.3 Å². The first-order valence-corrected chi connectivity index (χ1v) is 9.78. The van der Waals surface area contributed by atoms with Crippen LogP contribution in [0.3, 0.4) is 0 Å². The van der Waals surface area contributed by atoms with Gasteiger partial charge < -0.3 is 9.30 Å². The van der Waals surface area contributed by atoms with Crippen LogP contribution in [0.5, 0.6) is 0 Å². The lowest BCUT2D eigenvalue weighted by Gasteiger charge is -2.31. The molecule has 1 atom stereocenters. The normalized spacial score (nSPS) is 13.5. The summed E-state index contributed by atoms with van der Waals surface area (Å²) in [5.74, 6) is 0. The monoisotopic (exact) mass is 432 g/mol. The predicted octanol–water partition coefficient (Wildman–Crippen LogP) is 5.91. The molecule has 1 heterocycles. The Kier molecular flexibility index (Phi) is 6.52. The Morgan fingerprint density at radius 2 is 1.77 bits per heavy atom. The van der Waals surface area contributed by atoms with E-state index in [0.717, 1.165) is 34.4 Å². The van der Waals surface area contributed by atoms with E-state index in [1.807, 2.05) is 36.8 Å². The summed E-state index contributed by atoms with van der Waals surface area (Å²) in [5.41, 5.74) is 2.13. The van der Waals surface area contributed by atoms with Crippen molar-refractivity contribution in [2.24, 2.45) is 0 Å². The van der Waals surface area contributed by atoms with Gasteiger partial charge >= 0.3 is 0 Å². The predicted molar refractivity (Wildman–Crippen MR) is 109 cm³/mol. The number of benzene rings is 2. The fourth-order valence-electron chi connectivity index (χ4n) is 2.86. The van der Waals surface area contributed by atoms with E-state index in [4.69, 9.17) is 16.3 Å². The number of ether oxygens (including phenoxy) is 1. The highest BCUT2D eigenvalue weighted by Crippen LogP contribution is 2.24. The van der Waals surface area contributed by atoms with E-state index in [-0.39, 0.29) is 5.60 Å². The Bertz CT molecular complexity index is 752. The highest BCUT2D eigenvalue weighted by Gasteiger charge is 2.26. The molecule has 0 saturated carbocycles. The van der Waals surface area contributed by atoms with E-state index < -0.39 is 0 Å². The lowest BCUT2D eigenvalue weighted by Crippen LogP contribution is -2.34. The Labute approximate surface area is 168 Å². The minimum absolute atomic E-state index is 0.298. The van der Waals surface area contributed by atoms with E-state index in [0.29, 0.717) is 6.61 Å². The second-order valence-electron chi connectivity index (χ2n) is 6.73. The lowest BCUT2D eigenvalue weighted by atomic mass is 9.96. The minimum atomic E-state index is -0.298. The first-order valence-electron chi connectivity index (χ1n) is 8.61. The fourth-order valence-corrected chi connectivity index (χ4v) is 3.25. The Morgan fingerprint density at radius 3 is 2.42 bits per heavy atom. The van der Waals surface area contributed by atoms with Gasteiger partial charge in [-0.3, -0.25) is 0 Å². The zero-order chi connectivity index (χ0) is 18.4. The molecule has 0 aliphatic carbocycles. The molecule has 1 unspecified atom stereocenters. The van der Waals surface area contributed by atoms with Gasteiger partial charge in [-0.25, -0.2) is 4.98 Å². The third-order valence-corrected chi connectivity index (χ3v) is 5.21. The fraction of sp³-hybridized carbons (Fsp3) is 0.286. The van der Waals surface area contributed by atoms with Crippen LogP contribution in [0.25, 0.3) is 0 Å². The van der Waals surface area contributed by atoms with Crippen molar-refractivity contribution >= 4 is 27.5 Å². The maximum absolute atomic E-state index is 6.37. The molecule has 0 fully saturated rings. The topological polar surface area (TPSA) is 27.1 Å². The average molecular weight is 434 g/mol. The van der Waals surface area contributed by atoms with Crippen LogP contribution >= 0.6 is 27.5 Å². The number of rotatable bonds is 8. The zero-order valence-electron chi connectivity index (χ0n) is 14.7. The van der Waals surface area contributed by atoms with Gasteiger partial charge in [0.2, 0.25) is 0 Å². The Morgan fingerprint density at radius 1 is 1.08 bits per heavy atom. The lowest BCUT2D eigenvalue weighted by molar-refractivity contribution is -0.0602. The standard InChI is InChI=1S/C21H22BrClN2O/c1-21(15-25-13-12-24-16-25,11-10-17-2-6-19(22)7-3-17)26-14-18-4-8-20(23)9-5-18/h2-9,12-13,16H,10-11,14-15H2,1H3. The number of hydrogen-bond donors (Lipinski definition) is 0. The molecule has 26 heavy (non-hydrogen) atoms. The number of hydrogen-bond acceptors (Lipinski definition) is 2. The van der Waals surface area contributed by atoms with Gasteiger partial charge in [0.15, 0.2) is 0 Å². The van der Waals surface area contributed by atoms with E-state index in [9.17, 15) is 0 Å². The van der Waals surface area contributed by atoms with Crippen molar-refractivity contribution in [3.63, 3.8) is 0 Å². The molecule has 0 bridgehead atoms. The average Bonchev–Trinajstić information content (AvgIpc) is 3.14. The summed E-state index contributed by atoms with van der Waals surface area (Å²) < 4.78 is 9.54. The van der Waals surface area contributed by atoms with Gasteiger partial charge in [-0.2, -0.15) is 0 Å². The van der Waals surface area contributed by atoms with Crippen molar-refractivity contribution in [3.8, 4) is 0 Å². The molecule has 5 heteroatoms. The molecule has 0 N–H and O–H groups in total. The van der Waals surface area contributed by atoms with Gasteiger partial charge in [0.25, 0.3) is 0 Å². The van der Waals surface area contributed by atoms with Crippen molar-refractivity contribution in [2.45, 2.75) is 38.5 Å². The second-order valence-corrected chi connectivity index (χ2v) is 8.08. The van der Waals surface area contributed by atoms with Crippen LogP contribution in [0.1, 0.15) is 24.5 Å². The summed E-state index contributed by atoms with van der Waals surface area (Å²) in [6.07, 6.45) is 7.49. The third kappa shape index (κ3) is 5.70. The number of nitrogens with zero attached hydrogens (tertiary/aromatic N) is 2. The second kappa shape index (κ2) is 8.85. The third-order valence-electron chi connectivity index (χ3n) is 4.43. The number of halogens is 2. The van der Waals surface area contributed by atoms with E-state index >= 15 is 0 Å². The van der Waals surface area contributed by atoms with Crippen molar-refractivity contribution in [2.75, 3.05) is 0 Å². The van der Waals surface area contributed by atoms with Crippen molar-refractivity contribution < 1.29 is 4.74 Å².